The smallest absolute Gasteiger partial charge is 0.281 e. The lowest BCUT2D eigenvalue weighted by atomic mass is 10.1. The van der Waals surface area contributed by atoms with Crippen LogP contribution < -0.4 is 5.56 Å². The number of aromatic nitrogens is 3. The van der Waals surface area contributed by atoms with Crippen molar-refractivity contribution in [2.75, 3.05) is 6.26 Å². The maximum Gasteiger partial charge on any atom is 0.281 e. The fourth-order valence-corrected chi connectivity index (χ4v) is 4.78. The zero-order valence-corrected chi connectivity index (χ0v) is 14.1. The molecule has 0 saturated carbocycles. The lowest BCUT2D eigenvalue weighted by Crippen LogP contribution is -2.21. The van der Waals surface area contributed by atoms with Crippen molar-refractivity contribution in [1.29, 1.82) is 0 Å². The first-order chi connectivity index (χ1) is 10.7. The van der Waals surface area contributed by atoms with E-state index in [1.54, 1.807) is 22.5 Å². The van der Waals surface area contributed by atoms with E-state index in [1.807, 2.05) is 25.3 Å². The average molecular weight is 350 g/mol. The van der Waals surface area contributed by atoms with Gasteiger partial charge < -0.3 is 4.42 Å². The van der Waals surface area contributed by atoms with E-state index in [2.05, 4.69) is 15.1 Å². The fraction of sp³-hybridized carbons (Fsp3) is 0.231. The van der Waals surface area contributed by atoms with Gasteiger partial charge in [0.15, 0.2) is 5.82 Å². The Morgan fingerprint density at radius 2 is 2.32 bits per heavy atom. The normalized spacial score (nSPS) is 17.5. The number of hydrogen-bond acceptors (Lipinski definition) is 8. The lowest BCUT2D eigenvalue weighted by Gasteiger charge is -2.20. The molecular weight excluding hydrogens is 340 g/mol. The molecule has 0 spiro atoms. The second-order valence-electron chi connectivity index (χ2n) is 4.56. The van der Waals surface area contributed by atoms with Crippen LogP contribution in [0.2, 0.25) is 0 Å². The molecule has 6 nitrogen and oxygen atoms in total. The topological polar surface area (TPSA) is 72.8 Å². The molecule has 0 bridgehead atoms. The fourth-order valence-electron chi connectivity index (χ4n) is 2.29. The average Bonchev–Trinajstić information content (AvgIpc) is 3.15. The molecule has 4 heterocycles. The Labute approximate surface area is 137 Å². The van der Waals surface area contributed by atoms with Crippen molar-refractivity contribution in [1.82, 2.24) is 14.6 Å². The molecule has 3 aromatic heterocycles. The molecule has 1 aliphatic heterocycles. The molecule has 3 aromatic rings. The Morgan fingerprint density at radius 1 is 1.45 bits per heavy atom. The van der Waals surface area contributed by atoms with Crippen molar-refractivity contribution in [3.05, 3.63) is 45.1 Å². The van der Waals surface area contributed by atoms with Gasteiger partial charge in [-0.3, -0.25) is 4.79 Å². The highest BCUT2D eigenvalue weighted by Crippen LogP contribution is 2.45. The van der Waals surface area contributed by atoms with Gasteiger partial charge in [0.1, 0.15) is 20.4 Å². The largest absolute Gasteiger partial charge is 0.468 e. The van der Waals surface area contributed by atoms with Gasteiger partial charge in [-0.1, -0.05) is 23.1 Å². The molecule has 0 aromatic carbocycles. The van der Waals surface area contributed by atoms with Gasteiger partial charge in [0.2, 0.25) is 4.96 Å². The minimum Gasteiger partial charge on any atom is -0.468 e. The summed E-state index contributed by atoms with van der Waals surface area (Å²) in [6.07, 6.45) is 3.57. The molecule has 4 rings (SSSR count). The van der Waals surface area contributed by atoms with E-state index in [0.717, 1.165) is 15.1 Å². The molecule has 0 radical (unpaired) electrons. The summed E-state index contributed by atoms with van der Waals surface area (Å²) in [6.45, 7) is 1.89. The maximum atomic E-state index is 12.5. The summed E-state index contributed by atoms with van der Waals surface area (Å²) >= 11 is 4.43. The van der Waals surface area contributed by atoms with E-state index in [-0.39, 0.29) is 10.8 Å². The summed E-state index contributed by atoms with van der Waals surface area (Å²) in [5, 5.41) is 5.02. The van der Waals surface area contributed by atoms with Gasteiger partial charge in [0.25, 0.3) is 5.56 Å². The van der Waals surface area contributed by atoms with Crippen LogP contribution in [0.15, 0.2) is 32.6 Å². The lowest BCUT2D eigenvalue weighted by molar-refractivity contribution is 0.517. The number of fused-ring (bicyclic) bond motifs is 3. The molecule has 0 saturated heterocycles. The molecule has 0 aliphatic carbocycles. The predicted octanol–water partition coefficient (Wildman–Crippen LogP) is 3.24. The van der Waals surface area contributed by atoms with Gasteiger partial charge in [-0.25, -0.2) is 4.99 Å². The molecule has 1 atom stereocenters. The van der Waals surface area contributed by atoms with Crippen LogP contribution >= 0.6 is 34.9 Å². The summed E-state index contributed by atoms with van der Waals surface area (Å²) < 4.78 is 8.05. The third kappa shape index (κ3) is 2.11. The second kappa shape index (κ2) is 5.25. The van der Waals surface area contributed by atoms with Crippen molar-refractivity contribution < 1.29 is 4.42 Å². The summed E-state index contributed by atoms with van der Waals surface area (Å²) in [4.78, 5) is 21.8. The number of nitrogens with zero attached hydrogens (tertiary/aromatic N) is 4. The van der Waals surface area contributed by atoms with E-state index in [1.165, 1.54) is 23.1 Å². The van der Waals surface area contributed by atoms with E-state index in [0.29, 0.717) is 16.3 Å². The van der Waals surface area contributed by atoms with Crippen LogP contribution in [0.3, 0.4) is 0 Å². The van der Waals surface area contributed by atoms with E-state index in [9.17, 15) is 4.79 Å². The van der Waals surface area contributed by atoms with Crippen LogP contribution in [0.4, 0.5) is 5.82 Å². The van der Waals surface area contributed by atoms with Crippen LogP contribution in [-0.4, -0.2) is 25.2 Å². The first-order valence-corrected chi connectivity index (χ1v) is 9.32. The summed E-state index contributed by atoms with van der Waals surface area (Å²) in [7, 11) is 0. The highest BCUT2D eigenvalue weighted by atomic mass is 32.2. The van der Waals surface area contributed by atoms with Crippen LogP contribution in [0.5, 0.6) is 0 Å². The van der Waals surface area contributed by atoms with E-state index in [4.69, 9.17) is 4.42 Å². The van der Waals surface area contributed by atoms with Crippen LogP contribution in [0.25, 0.3) is 4.96 Å². The van der Waals surface area contributed by atoms with Crippen LogP contribution in [0, 0.1) is 6.92 Å². The minimum absolute atomic E-state index is 0.246. The standard InChI is InChI=1S/C13H10N4O2S3/c1-6-16-17-10-8(11(18)15-12(17)21-6)9(7-4-3-5-19-7)22-13(14-10)20-2/h3-5,9H,1-2H3/t9-/m1/s1. The molecule has 22 heavy (non-hydrogen) atoms. The Morgan fingerprint density at radius 3 is 3.05 bits per heavy atom. The molecule has 0 fully saturated rings. The Kier molecular flexibility index (Phi) is 3.35. The first kappa shape index (κ1) is 14.0. The van der Waals surface area contributed by atoms with E-state index >= 15 is 0 Å². The first-order valence-electron chi connectivity index (χ1n) is 6.40. The quantitative estimate of drug-likeness (QED) is 0.671. The van der Waals surface area contributed by atoms with E-state index < -0.39 is 0 Å². The zero-order chi connectivity index (χ0) is 15.3. The molecular formula is C13H10N4O2S3. The maximum absolute atomic E-state index is 12.5. The van der Waals surface area contributed by atoms with Crippen molar-refractivity contribution in [2.45, 2.75) is 12.2 Å². The van der Waals surface area contributed by atoms with Crippen molar-refractivity contribution in [3.63, 3.8) is 0 Å². The van der Waals surface area contributed by atoms with Crippen molar-refractivity contribution in [2.24, 2.45) is 4.99 Å². The Hall–Kier alpha value is -1.58. The highest BCUT2D eigenvalue weighted by molar-refractivity contribution is 8.38. The SMILES string of the molecule is CSC1=Nc2c(c(=O)nc3sc(C)nn23)[C@@H](c2ccco2)S1. The zero-order valence-electron chi connectivity index (χ0n) is 11.6. The number of rotatable bonds is 1. The Balaban J connectivity index is 2.06. The number of hydrogen-bond donors (Lipinski definition) is 0. The van der Waals surface area contributed by atoms with Gasteiger partial charge in [-0.05, 0) is 25.3 Å². The second-order valence-corrected chi connectivity index (χ2v) is 7.87. The van der Waals surface area contributed by atoms with Gasteiger partial charge in [0.05, 0.1) is 11.8 Å². The van der Waals surface area contributed by atoms with Crippen LogP contribution in [-0.2, 0) is 0 Å². The minimum atomic E-state index is -0.267. The molecule has 0 unspecified atom stereocenters. The van der Waals surface area contributed by atoms with Crippen molar-refractivity contribution in [3.8, 4) is 0 Å². The summed E-state index contributed by atoms with van der Waals surface area (Å²) in [6, 6.07) is 3.68. The third-order valence-electron chi connectivity index (χ3n) is 3.18. The van der Waals surface area contributed by atoms with Crippen molar-refractivity contribution >= 4 is 50.0 Å². The van der Waals surface area contributed by atoms with Gasteiger partial charge in [-0.15, -0.1) is 11.8 Å². The Bertz CT molecular complexity index is 942. The van der Waals surface area contributed by atoms with Gasteiger partial charge in [0, 0.05) is 0 Å². The van der Waals surface area contributed by atoms with Gasteiger partial charge >= 0.3 is 0 Å². The third-order valence-corrected chi connectivity index (χ3v) is 6.23. The molecule has 1 aliphatic rings. The van der Waals surface area contributed by atoms with Gasteiger partial charge in [-0.2, -0.15) is 14.6 Å². The molecule has 0 amide bonds. The van der Waals surface area contributed by atoms with Crippen LogP contribution in [0.1, 0.15) is 21.6 Å². The molecule has 0 N–H and O–H groups in total. The predicted molar refractivity (Wildman–Crippen MR) is 90.6 cm³/mol. The number of aliphatic imine (C=N–C) groups is 1. The highest BCUT2D eigenvalue weighted by Gasteiger charge is 2.32. The molecule has 112 valence electrons. The summed E-state index contributed by atoms with van der Waals surface area (Å²) in [5.41, 5.74) is 0.261. The monoisotopic (exact) mass is 350 g/mol. The summed E-state index contributed by atoms with van der Waals surface area (Å²) in [5.74, 6) is 1.28. The number of aryl methyl sites for hydroxylation is 1. The number of thioether (sulfide) groups is 2. The molecule has 9 heteroatoms. The number of furan rings is 1.